The standard InChI is InChI=1S/C12H24N2O3/c1-8(12(16-2)17-3)14-10-6-4-9(5-7-10)11(13)15/h8-10,12,14H,4-7H2,1-3H3,(H2,13,15). The third-order valence-electron chi connectivity index (χ3n) is 3.50. The lowest BCUT2D eigenvalue weighted by Crippen LogP contribution is -2.47. The maximum atomic E-state index is 11.0. The molecule has 1 saturated carbocycles. The van der Waals surface area contributed by atoms with Crippen LogP contribution < -0.4 is 11.1 Å². The molecule has 1 aliphatic rings. The van der Waals surface area contributed by atoms with Crippen LogP contribution in [0.15, 0.2) is 0 Å². The fourth-order valence-corrected chi connectivity index (χ4v) is 2.50. The highest BCUT2D eigenvalue weighted by atomic mass is 16.7. The molecular weight excluding hydrogens is 220 g/mol. The van der Waals surface area contributed by atoms with Crippen LogP contribution in [0.5, 0.6) is 0 Å². The fraction of sp³-hybridized carbons (Fsp3) is 0.917. The molecule has 0 bridgehead atoms. The van der Waals surface area contributed by atoms with Gasteiger partial charge in [-0.3, -0.25) is 4.79 Å². The number of primary amides is 1. The smallest absolute Gasteiger partial charge is 0.220 e. The lowest BCUT2D eigenvalue weighted by Gasteiger charge is -2.32. The number of carbonyl (C=O) groups excluding carboxylic acids is 1. The Hall–Kier alpha value is -0.650. The summed E-state index contributed by atoms with van der Waals surface area (Å²) in [6, 6.07) is 0.563. The molecule has 5 nitrogen and oxygen atoms in total. The number of amides is 1. The summed E-state index contributed by atoms with van der Waals surface area (Å²) in [5, 5.41) is 3.48. The van der Waals surface area contributed by atoms with Crippen molar-refractivity contribution in [2.75, 3.05) is 14.2 Å². The first-order chi connectivity index (χ1) is 8.08. The molecule has 1 aliphatic carbocycles. The molecule has 1 unspecified atom stereocenters. The van der Waals surface area contributed by atoms with E-state index in [9.17, 15) is 4.79 Å². The van der Waals surface area contributed by atoms with Crippen LogP contribution in [0.4, 0.5) is 0 Å². The van der Waals surface area contributed by atoms with E-state index in [0.717, 1.165) is 25.7 Å². The van der Waals surface area contributed by atoms with E-state index in [1.165, 1.54) is 0 Å². The molecule has 1 atom stereocenters. The molecule has 0 saturated heterocycles. The first-order valence-electron chi connectivity index (χ1n) is 6.19. The molecule has 0 aromatic heterocycles. The van der Waals surface area contributed by atoms with Crippen molar-refractivity contribution in [2.45, 2.75) is 51.0 Å². The fourth-order valence-electron chi connectivity index (χ4n) is 2.50. The van der Waals surface area contributed by atoms with Crippen LogP contribution in [0, 0.1) is 5.92 Å². The van der Waals surface area contributed by atoms with E-state index < -0.39 is 0 Å². The van der Waals surface area contributed by atoms with E-state index in [1.807, 2.05) is 6.92 Å². The summed E-state index contributed by atoms with van der Waals surface area (Å²) >= 11 is 0. The molecule has 0 aromatic carbocycles. The average Bonchev–Trinajstić information content (AvgIpc) is 2.31. The SMILES string of the molecule is COC(OC)C(C)NC1CCC(C(N)=O)CC1. The Kier molecular flexibility index (Phi) is 5.88. The van der Waals surface area contributed by atoms with Crippen molar-refractivity contribution < 1.29 is 14.3 Å². The largest absolute Gasteiger partial charge is 0.369 e. The molecule has 0 spiro atoms. The number of nitrogens with two attached hydrogens (primary N) is 1. The predicted molar refractivity (Wildman–Crippen MR) is 65.3 cm³/mol. The van der Waals surface area contributed by atoms with Crippen LogP contribution in [0.2, 0.25) is 0 Å². The van der Waals surface area contributed by atoms with E-state index in [2.05, 4.69) is 5.32 Å². The van der Waals surface area contributed by atoms with Gasteiger partial charge >= 0.3 is 0 Å². The van der Waals surface area contributed by atoms with Gasteiger partial charge in [0.1, 0.15) is 0 Å². The highest BCUT2D eigenvalue weighted by molar-refractivity contribution is 5.76. The van der Waals surface area contributed by atoms with Gasteiger partial charge in [0, 0.05) is 26.2 Å². The summed E-state index contributed by atoms with van der Waals surface area (Å²) in [6.45, 7) is 2.04. The Morgan fingerprint density at radius 2 is 1.76 bits per heavy atom. The van der Waals surface area contributed by atoms with Crippen LogP contribution in [0.1, 0.15) is 32.6 Å². The van der Waals surface area contributed by atoms with E-state index in [0.29, 0.717) is 6.04 Å². The summed E-state index contributed by atoms with van der Waals surface area (Å²) in [7, 11) is 3.27. The van der Waals surface area contributed by atoms with Gasteiger partial charge in [-0.2, -0.15) is 0 Å². The van der Waals surface area contributed by atoms with E-state index >= 15 is 0 Å². The monoisotopic (exact) mass is 244 g/mol. The van der Waals surface area contributed by atoms with Gasteiger partial charge in [-0.15, -0.1) is 0 Å². The van der Waals surface area contributed by atoms with Crippen LogP contribution in [-0.4, -0.2) is 38.5 Å². The van der Waals surface area contributed by atoms with Crippen LogP contribution >= 0.6 is 0 Å². The minimum Gasteiger partial charge on any atom is -0.369 e. The molecule has 1 fully saturated rings. The maximum Gasteiger partial charge on any atom is 0.220 e. The quantitative estimate of drug-likeness (QED) is 0.672. The van der Waals surface area contributed by atoms with Crippen LogP contribution in [-0.2, 0) is 14.3 Å². The van der Waals surface area contributed by atoms with Gasteiger partial charge in [-0.1, -0.05) is 0 Å². The Labute approximate surface area is 103 Å². The molecule has 0 radical (unpaired) electrons. The molecule has 5 heteroatoms. The van der Waals surface area contributed by atoms with Crippen molar-refractivity contribution in [3.8, 4) is 0 Å². The van der Waals surface area contributed by atoms with Crippen molar-refractivity contribution in [1.82, 2.24) is 5.32 Å². The zero-order valence-corrected chi connectivity index (χ0v) is 10.9. The number of nitrogens with one attached hydrogen (secondary N) is 1. The summed E-state index contributed by atoms with van der Waals surface area (Å²) in [4.78, 5) is 11.0. The Morgan fingerprint density at radius 1 is 1.24 bits per heavy atom. The molecule has 0 aromatic rings. The number of carbonyl (C=O) groups is 1. The number of hydrogen-bond acceptors (Lipinski definition) is 4. The summed E-state index contributed by atoms with van der Waals surface area (Å²) in [6.07, 6.45) is 3.49. The second kappa shape index (κ2) is 6.93. The van der Waals surface area contributed by atoms with Crippen LogP contribution in [0.25, 0.3) is 0 Å². The highest BCUT2D eigenvalue weighted by Gasteiger charge is 2.27. The second-order valence-electron chi connectivity index (χ2n) is 4.75. The van der Waals surface area contributed by atoms with E-state index in [4.69, 9.17) is 15.2 Å². The molecule has 1 rings (SSSR count). The Bertz CT molecular complexity index is 236. The number of methoxy groups -OCH3 is 2. The second-order valence-corrected chi connectivity index (χ2v) is 4.75. The number of ether oxygens (including phenoxy) is 2. The van der Waals surface area contributed by atoms with Gasteiger partial charge in [-0.25, -0.2) is 0 Å². The molecule has 0 aliphatic heterocycles. The van der Waals surface area contributed by atoms with Gasteiger partial charge in [-0.05, 0) is 32.6 Å². The predicted octanol–water partition coefficient (Wildman–Crippen LogP) is 0.628. The van der Waals surface area contributed by atoms with Gasteiger partial charge in [0.05, 0.1) is 6.04 Å². The van der Waals surface area contributed by atoms with Crippen molar-refractivity contribution in [3.05, 3.63) is 0 Å². The molecule has 1 amide bonds. The minimum absolute atomic E-state index is 0.0593. The van der Waals surface area contributed by atoms with Crippen LogP contribution in [0.3, 0.4) is 0 Å². The summed E-state index contributed by atoms with van der Waals surface area (Å²) in [5.74, 6) is -0.104. The van der Waals surface area contributed by atoms with Crippen molar-refractivity contribution >= 4 is 5.91 Å². The Balaban J connectivity index is 2.32. The summed E-state index contributed by atoms with van der Waals surface area (Å²) in [5.41, 5.74) is 5.31. The van der Waals surface area contributed by atoms with Crippen molar-refractivity contribution in [3.63, 3.8) is 0 Å². The Morgan fingerprint density at radius 3 is 2.18 bits per heavy atom. The molecule has 0 heterocycles. The maximum absolute atomic E-state index is 11.0. The lowest BCUT2D eigenvalue weighted by molar-refractivity contribution is -0.125. The average molecular weight is 244 g/mol. The number of rotatable bonds is 6. The zero-order valence-electron chi connectivity index (χ0n) is 10.9. The topological polar surface area (TPSA) is 73.6 Å². The first kappa shape index (κ1) is 14.4. The van der Waals surface area contributed by atoms with Gasteiger partial charge < -0.3 is 20.5 Å². The molecular formula is C12H24N2O3. The summed E-state index contributed by atoms with van der Waals surface area (Å²) < 4.78 is 10.4. The molecule has 100 valence electrons. The third kappa shape index (κ3) is 4.26. The van der Waals surface area contributed by atoms with E-state index in [-0.39, 0.29) is 24.2 Å². The van der Waals surface area contributed by atoms with Crippen molar-refractivity contribution in [1.29, 1.82) is 0 Å². The lowest BCUT2D eigenvalue weighted by atomic mass is 9.85. The number of hydrogen-bond donors (Lipinski definition) is 2. The van der Waals surface area contributed by atoms with Gasteiger partial charge in [0.25, 0.3) is 0 Å². The highest BCUT2D eigenvalue weighted by Crippen LogP contribution is 2.24. The minimum atomic E-state index is -0.233. The third-order valence-corrected chi connectivity index (χ3v) is 3.50. The normalized spacial score (nSPS) is 27.1. The van der Waals surface area contributed by atoms with Crippen molar-refractivity contribution in [2.24, 2.45) is 11.7 Å². The molecule has 17 heavy (non-hydrogen) atoms. The van der Waals surface area contributed by atoms with Gasteiger partial charge in [0.2, 0.25) is 5.91 Å². The van der Waals surface area contributed by atoms with Gasteiger partial charge in [0.15, 0.2) is 6.29 Å². The first-order valence-corrected chi connectivity index (χ1v) is 6.19. The zero-order chi connectivity index (χ0) is 12.8. The van der Waals surface area contributed by atoms with E-state index in [1.54, 1.807) is 14.2 Å². The molecule has 3 N–H and O–H groups in total.